The second-order valence-electron chi connectivity index (χ2n) is 5.18. The maximum absolute atomic E-state index is 12.2. The number of nitrogens with zero attached hydrogens (tertiary/aromatic N) is 2. The first-order valence-corrected chi connectivity index (χ1v) is 6.37. The SMILES string of the molecule is CN(C)C(=O)c1cc(C(=O)N(C)C)cc2cccc-2c1. The first kappa shape index (κ1) is 14.1. The van der Waals surface area contributed by atoms with E-state index in [1.807, 2.05) is 30.3 Å². The molecule has 0 fully saturated rings. The van der Waals surface area contributed by atoms with Crippen molar-refractivity contribution >= 4 is 11.8 Å². The van der Waals surface area contributed by atoms with E-state index in [-0.39, 0.29) is 11.8 Å². The molecule has 0 unspecified atom stereocenters. The summed E-state index contributed by atoms with van der Waals surface area (Å²) in [6.45, 7) is 0. The Labute approximate surface area is 118 Å². The van der Waals surface area contributed by atoms with Crippen molar-refractivity contribution in [1.29, 1.82) is 0 Å². The quantitative estimate of drug-likeness (QED) is 0.839. The van der Waals surface area contributed by atoms with Gasteiger partial charge in [0.2, 0.25) is 0 Å². The van der Waals surface area contributed by atoms with Crippen LogP contribution in [0.15, 0.2) is 36.4 Å². The van der Waals surface area contributed by atoms with E-state index >= 15 is 0 Å². The van der Waals surface area contributed by atoms with Crippen molar-refractivity contribution in [3.63, 3.8) is 0 Å². The lowest BCUT2D eigenvalue weighted by atomic mass is 10.1. The molecule has 2 rings (SSSR count). The fourth-order valence-corrected chi connectivity index (χ4v) is 2.06. The fraction of sp³-hybridized carbons (Fsp3) is 0.250. The summed E-state index contributed by atoms with van der Waals surface area (Å²) in [5.74, 6) is -0.229. The zero-order chi connectivity index (χ0) is 14.9. The molecule has 2 aliphatic rings. The standard InChI is InChI=1S/C16H18N2O2/c1-17(2)15(19)13-8-11-6-5-7-12(11)9-14(10-13)16(20)18(3)4/h5-10H,1-4H3. The van der Waals surface area contributed by atoms with E-state index in [4.69, 9.17) is 0 Å². The fourth-order valence-electron chi connectivity index (χ4n) is 2.06. The third-order valence-corrected chi connectivity index (χ3v) is 3.12. The van der Waals surface area contributed by atoms with Gasteiger partial charge in [0.05, 0.1) is 0 Å². The Hall–Kier alpha value is -2.36. The Morgan fingerprint density at radius 3 is 1.50 bits per heavy atom. The molecule has 0 aromatic heterocycles. The third kappa shape index (κ3) is 2.64. The number of hydrogen-bond acceptors (Lipinski definition) is 2. The highest BCUT2D eigenvalue weighted by atomic mass is 16.2. The topological polar surface area (TPSA) is 40.6 Å². The summed E-state index contributed by atoms with van der Waals surface area (Å²) in [5.41, 5.74) is 2.93. The van der Waals surface area contributed by atoms with Crippen LogP contribution in [0.1, 0.15) is 20.7 Å². The summed E-state index contributed by atoms with van der Waals surface area (Å²) >= 11 is 0. The van der Waals surface area contributed by atoms with E-state index in [1.54, 1.807) is 34.3 Å². The zero-order valence-electron chi connectivity index (χ0n) is 12.2. The number of carbonyl (C=O) groups excluding carboxylic acids is 2. The summed E-state index contributed by atoms with van der Waals surface area (Å²) in [6.07, 6.45) is 0. The third-order valence-electron chi connectivity index (χ3n) is 3.12. The second-order valence-corrected chi connectivity index (χ2v) is 5.18. The van der Waals surface area contributed by atoms with Gasteiger partial charge in [-0.1, -0.05) is 18.2 Å². The summed E-state index contributed by atoms with van der Waals surface area (Å²) in [7, 11) is 6.80. The van der Waals surface area contributed by atoms with Crippen molar-refractivity contribution < 1.29 is 9.59 Å². The molecule has 20 heavy (non-hydrogen) atoms. The van der Waals surface area contributed by atoms with Crippen molar-refractivity contribution in [2.75, 3.05) is 28.2 Å². The van der Waals surface area contributed by atoms with Crippen LogP contribution in [-0.4, -0.2) is 49.8 Å². The van der Waals surface area contributed by atoms with Gasteiger partial charge in [0.1, 0.15) is 0 Å². The van der Waals surface area contributed by atoms with Gasteiger partial charge < -0.3 is 9.80 Å². The van der Waals surface area contributed by atoms with Gasteiger partial charge in [0, 0.05) is 39.3 Å². The van der Waals surface area contributed by atoms with Gasteiger partial charge in [0.25, 0.3) is 11.8 Å². The van der Waals surface area contributed by atoms with Gasteiger partial charge in [-0.05, 0) is 29.3 Å². The van der Waals surface area contributed by atoms with Crippen LogP contribution in [0.3, 0.4) is 0 Å². The zero-order valence-corrected chi connectivity index (χ0v) is 12.2. The van der Waals surface area contributed by atoms with Crippen molar-refractivity contribution in [3.05, 3.63) is 47.5 Å². The molecule has 2 amide bonds. The van der Waals surface area contributed by atoms with E-state index < -0.39 is 0 Å². The van der Waals surface area contributed by atoms with Gasteiger partial charge in [-0.15, -0.1) is 0 Å². The van der Waals surface area contributed by atoms with Gasteiger partial charge in [-0.2, -0.15) is 0 Å². The molecule has 0 aromatic rings. The average molecular weight is 270 g/mol. The molecule has 0 saturated heterocycles. The molecule has 0 radical (unpaired) electrons. The van der Waals surface area contributed by atoms with Crippen molar-refractivity contribution in [3.8, 4) is 11.1 Å². The van der Waals surface area contributed by atoms with Crippen LogP contribution < -0.4 is 0 Å². The minimum absolute atomic E-state index is 0.114. The molecule has 0 bridgehead atoms. The Morgan fingerprint density at radius 1 is 0.750 bits per heavy atom. The molecule has 0 atom stereocenters. The largest absolute Gasteiger partial charge is 0.345 e. The molecule has 4 heteroatoms. The highest BCUT2D eigenvalue weighted by Gasteiger charge is 2.15. The highest BCUT2D eigenvalue weighted by molar-refractivity contribution is 6.00. The Balaban J connectivity index is 2.63. The molecule has 0 saturated carbocycles. The highest BCUT2D eigenvalue weighted by Crippen LogP contribution is 2.25. The van der Waals surface area contributed by atoms with Crippen molar-refractivity contribution in [1.82, 2.24) is 9.80 Å². The van der Waals surface area contributed by atoms with E-state index in [1.165, 1.54) is 9.80 Å². The second kappa shape index (κ2) is 5.33. The smallest absolute Gasteiger partial charge is 0.253 e. The Kier molecular flexibility index (Phi) is 3.74. The van der Waals surface area contributed by atoms with Crippen LogP contribution in [0, 0.1) is 0 Å². The van der Waals surface area contributed by atoms with Gasteiger partial charge in [0.15, 0.2) is 0 Å². The van der Waals surface area contributed by atoms with Crippen molar-refractivity contribution in [2.24, 2.45) is 0 Å². The van der Waals surface area contributed by atoms with Crippen LogP contribution in [0.2, 0.25) is 0 Å². The maximum atomic E-state index is 12.2. The first-order chi connectivity index (χ1) is 9.40. The van der Waals surface area contributed by atoms with Crippen LogP contribution in [0.25, 0.3) is 11.1 Å². The lowest BCUT2D eigenvalue weighted by molar-refractivity contribution is 0.0827. The minimum Gasteiger partial charge on any atom is -0.345 e. The molecular formula is C16H18N2O2. The predicted molar refractivity (Wildman–Crippen MR) is 79.1 cm³/mol. The number of amides is 2. The Morgan fingerprint density at radius 2 is 1.15 bits per heavy atom. The van der Waals surface area contributed by atoms with Crippen LogP contribution >= 0.6 is 0 Å². The molecule has 0 heterocycles. The molecule has 2 aliphatic carbocycles. The molecule has 4 nitrogen and oxygen atoms in total. The number of carbonyl (C=O) groups is 2. The average Bonchev–Trinajstić information content (AvgIpc) is 2.74. The molecule has 0 N–H and O–H groups in total. The summed E-state index contributed by atoms with van der Waals surface area (Å²) < 4.78 is 0. The summed E-state index contributed by atoms with van der Waals surface area (Å²) in [4.78, 5) is 27.4. The maximum Gasteiger partial charge on any atom is 0.253 e. The number of hydrogen-bond donors (Lipinski definition) is 0. The lowest BCUT2D eigenvalue weighted by Crippen LogP contribution is -2.23. The normalized spacial score (nSPS) is 10.4. The minimum atomic E-state index is -0.114. The molecule has 0 aliphatic heterocycles. The summed E-state index contributed by atoms with van der Waals surface area (Å²) in [5, 5.41) is 0. The van der Waals surface area contributed by atoms with Gasteiger partial charge in [-0.25, -0.2) is 0 Å². The molecule has 0 aromatic carbocycles. The van der Waals surface area contributed by atoms with Crippen LogP contribution in [0.4, 0.5) is 0 Å². The lowest BCUT2D eigenvalue weighted by Gasteiger charge is -2.11. The van der Waals surface area contributed by atoms with E-state index in [2.05, 4.69) is 0 Å². The van der Waals surface area contributed by atoms with Crippen LogP contribution in [0.5, 0.6) is 0 Å². The van der Waals surface area contributed by atoms with Gasteiger partial charge in [-0.3, -0.25) is 9.59 Å². The number of fused-ring (bicyclic) bond motifs is 1. The number of rotatable bonds is 2. The monoisotopic (exact) mass is 270 g/mol. The molecule has 104 valence electrons. The Bertz CT molecular complexity index is 581. The first-order valence-electron chi connectivity index (χ1n) is 6.37. The van der Waals surface area contributed by atoms with Crippen molar-refractivity contribution in [2.45, 2.75) is 0 Å². The van der Waals surface area contributed by atoms with Crippen LogP contribution in [-0.2, 0) is 0 Å². The summed E-state index contributed by atoms with van der Waals surface area (Å²) in [6, 6.07) is 11.1. The van der Waals surface area contributed by atoms with E-state index in [0.29, 0.717) is 11.1 Å². The van der Waals surface area contributed by atoms with E-state index in [9.17, 15) is 9.59 Å². The molecular weight excluding hydrogens is 252 g/mol. The molecule has 0 spiro atoms. The van der Waals surface area contributed by atoms with Gasteiger partial charge >= 0.3 is 0 Å². The van der Waals surface area contributed by atoms with E-state index in [0.717, 1.165) is 11.1 Å². The predicted octanol–water partition coefficient (Wildman–Crippen LogP) is 2.20.